The number of aromatic nitrogens is 2. The SMILES string of the molecule is Cc1nc(S(=O)(=O)N2CCC(C(=O)NCCC(=O)NCc3ccccc3)CC2)cn1C. The van der Waals surface area contributed by atoms with E-state index in [0.29, 0.717) is 25.2 Å². The first-order chi connectivity index (χ1) is 14.8. The number of nitrogens with zero attached hydrogens (tertiary/aromatic N) is 3. The lowest BCUT2D eigenvalue weighted by atomic mass is 9.97. The minimum atomic E-state index is -3.65. The van der Waals surface area contributed by atoms with Crippen molar-refractivity contribution < 1.29 is 18.0 Å². The van der Waals surface area contributed by atoms with Crippen LogP contribution >= 0.6 is 0 Å². The van der Waals surface area contributed by atoms with Crippen molar-refractivity contribution in [3.05, 3.63) is 47.9 Å². The summed E-state index contributed by atoms with van der Waals surface area (Å²) in [6.45, 7) is 3.00. The van der Waals surface area contributed by atoms with Crippen molar-refractivity contribution in [2.45, 2.75) is 37.8 Å². The molecule has 0 atom stereocenters. The number of sulfonamides is 1. The van der Waals surface area contributed by atoms with Gasteiger partial charge in [0.05, 0.1) is 0 Å². The van der Waals surface area contributed by atoms with Crippen molar-refractivity contribution in [2.24, 2.45) is 13.0 Å². The summed E-state index contributed by atoms with van der Waals surface area (Å²) >= 11 is 0. The molecule has 2 heterocycles. The normalized spacial score (nSPS) is 15.5. The molecule has 2 aromatic rings. The van der Waals surface area contributed by atoms with Gasteiger partial charge in [-0.1, -0.05) is 30.3 Å². The number of amides is 2. The molecule has 2 amide bonds. The average Bonchev–Trinajstić information content (AvgIpc) is 3.12. The van der Waals surface area contributed by atoms with Gasteiger partial charge in [0.15, 0.2) is 5.03 Å². The van der Waals surface area contributed by atoms with E-state index >= 15 is 0 Å². The maximum Gasteiger partial charge on any atom is 0.262 e. The molecule has 0 radical (unpaired) electrons. The third-order valence-corrected chi connectivity index (χ3v) is 7.27. The Bertz CT molecular complexity index is 992. The van der Waals surface area contributed by atoms with Crippen LogP contribution in [0.25, 0.3) is 0 Å². The highest BCUT2D eigenvalue weighted by molar-refractivity contribution is 7.89. The van der Waals surface area contributed by atoms with Crippen LogP contribution < -0.4 is 10.6 Å². The zero-order chi connectivity index (χ0) is 22.4. The lowest BCUT2D eigenvalue weighted by Crippen LogP contribution is -2.43. The molecule has 168 valence electrons. The molecular formula is C21H29N5O4S. The Morgan fingerprint density at radius 1 is 1.13 bits per heavy atom. The van der Waals surface area contributed by atoms with Gasteiger partial charge < -0.3 is 15.2 Å². The molecule has 0 unspecified atom stereocenters. The van der Waals surface area contributed by atoms with E-state index in [1.807, 2.05) is 30.3 Å². The van der Waals surface area contributed by atoms with Gasteiger partial charge in [0.25, 0.3) is 10.0 Å². The summed E-state index contributed by atoms with van der Waals surface area (Å²) in [7, 11) is -1.90. The molecule has 1 aromatic carbocycles. The largest absolute Gasteiger partial charge is 0.355 e. The maximum atomic E-state index is 12.7. The van der Waals surface area contributed by atoms with Gasteiger partial charge in [0.1, 0.15) is 5.82 Å². The van der Waals surface area contributed by atoms with Gasteiger partial charge >= 0.3 is 0 Å². The minimum Gasteiger partial charge on any atom is -0.355 e. The van der Waals surface area contributed by atoms with E-state index in [2.05, 4.69) is 15.6 Å². The van der Waals surface area contributed by atoms with E-state index in [0.717, 1.165) is 5.56 Å². The third-order valence-electron chi connectivity index (χ3n) is 5.50. The summed E-state index contributed by atoms with van der Waals surface area (Å²) in [5.74, 6) is 0.0993. The third kappa shape index (κ3) is 5.92. The van der Waals surface area contributed by atoms with Crippen molar-refractivity contribution in [3.8, 4) is 0 Å². The number of benzene rings is 1. The molecule has 0 bridgehead atoms. The highest BCUT2D eigenvalue weighted by Gasteiger charge is 2.33. The maximum absolute atomic E-state index is 12.7. The second kappa shape index (κ2) is 10.1. The van der Waals surface area contributed by atoms with Crippen LogP contribution in [0.3, 0.4) is 0 Å². The Morgan fingerprint density at radius 2 is 1.81 bits per heavy atom. The summed E-state index contributed by atoms with van der Waals surface area (Å²) in [6.07, 6.45) is 2.59. The van der Waals surface area contributed by atoms with Crippen molar-refractivity contribution in [2.75, 3.05) is 19.6 Å². The van der Waals surface area contributed by atoms with E-state index < -0.39 is 10.0 Å². The van der Waals surface area contributed by atoms with Gasteiger partial charge in [-0.05, 0) is 25.3 Å². The molecule has 1 aromatic heterocycles. The average molecular weight is 448 g/mol. The molecule has 3 rings (SSSR count). The molecule has 1 aliphatic rings. The first kappa shape index (κ1) is 23.0. The summed E-state index contributed by atoms with van der Waals surface area (Å²) in [6, 6.07) is 9.61. The van der Waals surface area contributed by atoms with Crippen molar-refractivity contribution in [1.29, 1.82) is 0 Å². The zero-order valence-electron chi connectivity index (χ0n) is 17.9. The molecule has 0 aliphatic carbocycles. The lowest BCUT2D eigenvalue weighted by Gasteiger charge is -2.29. The zero-order valence-corrected chi connectivity index (χ0v) is 18.7. The monoisotopic (exact) mass is 447 g/mol. The van der Waals surface area contributed by atoms with Gasteiger partial charge in [-0.15, -0.1) is 0 Å². The van der Waals surface area contributed by atoms with Gasteiger partial charge in [-0.2, -0.15) is 4.31 Å². The number of rotatable bonds is 8. The van der Waals surface area contributed by atoms with Crippen molar-refractivity contribution in [1.82, 2.24) is 24.5 Å². The Morgan fingerprint density at radius 3 is 2.42 bits per heavy atom. The second-order valence-electron chi connectivity index (χ2n) is 7.72. The Kier molecular flexibility index (Phi) is 7.45. The van der Waals surface area contributed by atoms with Crippen LogP contribution in [0.1, 0.15) is 30.7 Å². The summed E-state index contributed by atoms with van der Waals surface area (Å²) in [4.78, 5) is 28.5. The number of imidazole rings is 1. The van der Waals surface area contributed by atoms with Crippen LogP contribution in [-0.2, 0) is 33.2 Å². The number of hydrogen-bond acceptors (Lipinski definition) is 5. The first-order valence-electron chi connectivity index (χ1n) is 10.4. The molecule has 1 saturated heterocycles. The minimum absolute atomic E-state index is 0.0388. The summed E-state index contributed by atoms with van der Waals surface area (Å²) < 4.78 is 28.5. The number of carbonyl (C=O) groups excluding carboxylic acids is 2. The molecule has 31 heavy (non-hydrogen) atoms. The molecule has 10 heteroatoms. The Hall–Kier alpha value is -2.72. The topological polar surface area (TPSA) is 113 Å². The number of nitrogens with one attached hydrogen (secondary N) is 2. The lowest BCUT2D eigenvalue weighted by molar-refractivity contribution is -0.126. The molecule has 1 aliphatic heterocycles. The highest BCUT2D eigenvalue weighted by atomic mass is 32.2. The van der Waals surface area contributed by atoms with Crippen LogP contribution in [0.4, 0.5) is 0 Å². The van der Waals surface area contributed by atoms with Crippen molar-refractivity contribution in [3.63, 3.8) is 0 Å². The van der Waals surface area contributed by atoms with E-state index in [4.69, 9.17) is 0 Å². The van der Waals surface area contributed by atoms with E-state index in [1.54, 1.807) is 18.5 Å². The van der Waals surface area contributed by atoms with Gasteiger partial charge in [-0.25, -0.2) is 13.4 Å². The van der Waals surface area contributed by atoms with E-state index in [-0.39, 0.29) is 48.8 Å². The Balaban J connectivity index is 1.39. The molecular weight excluding hydrogens is 418 g/mol. The fourth-order valence-electron chi connectivity index (χ4n) is 3.47. The molecule has 9 nitrogen and oxygen atoms in total. The summed E-state index contributed by atoms with van der Waals surface area (Å²) in [5, 5.41) is 5.66. The van der Waals surface area contributed by atoms with Crippen LogP contribution in [-0.4, -0.2) is 53.7 Å². The fourth-order valence-corrected chi connectivity index (χ4v) is 4.96. The highest BCUT2D eigenvalue weighted by Crippen LogP contribution is 2.23. The number of hydrogen-bond donors (Lipinski definition) is 2. The van der Waals surface area contributed by atoms with Crippen LogP contribution in [0.2, 0.25) is 0 Å². The molecule has 0 saturated carbocycles. The van der Waals surface area contributed by atoms with Gasteiger partial charge in [0.2, 0.25) is 11.8 Å². The quantitative estimate of drug-likeness (QED) is 0.626. The smallest absolute Gasteiger partial charge is 0.262 e. The van der Waals surface area contributed by atoms with Crippen LogP contribution in [0.15, 0.2) is 41.6 Å². The first-order valence-corrected chi connectivity index (χ1v) is 11.8. The van der Waals surface area contributed by atoms with Gasteiger partial charge in [0, 0.05) is 51.8 Å². The number of aryl methyl sites for hydroxylation is 2. The van der Waals surface area contributed by atoms with Gasteiger partial charge in [-0.3, -0.25) is 9.59 Å². The second-order valence-corrected chi connectivity index (χ2v) is 9.60. The molecule has 2 N–H and O–H groups in total. The number of piperidine rings is 1. The van der Waals surface area contributed by atoms with Crippen molar-refractivity contribution >= 4 is 21.8 Å². The standard InChI is InChI=1S/C21H29N5O4S/c1-16-24-20(15-25(16)2)31(29,30)26-12-9-18(10-13-26)21(28)22-11-8-19(27)23-14-17-6-4-3-5-7-17/h3-7,15,18H,8-14H2,1-2H3,(H,22,28)(H,23,27). The predicted octanol–water partition coefficient (Wildman–Crippen LogP) is 0.952. The van der Waals surface area contributed by atoms with E-state index in [9.17, 15) is 18.0 Å². The van der Waals surface area contributed by atoms with Crippen LogP contribution in [0, 0.1) is 12.8 Å². The summed E-state index contributed by atoms with van der Waals surface area (Å²) in [5.41, 5.74) is 1.02. The fraction of sp³-hybridized carbons (Fsp3) is 0.476. The number of carbonyl (C=O) groups is 2. The van der Waals surface area contributed by atoms with E-state index in [1.165, 1.54) is 10.5 Å². The Labute approximate surface area is 182 Å². The van der Waals surface area contributed by atoms with Crippen LogP contribution in [0.5, 0.6) is 0 Å². The molecule has 1 fully saturated rings. The predicted molar refractivity (Wildman–Crippen MR) is 115 cm³/mol. The molecule has 0 spiro atoms.